The van der Waals surface area contributed by atoms with Gasteiger partial charge in [0.1, 0.15) is 10.8 Å². The second-order valence-electron chi connectivity index (χ2n) is 5.74. The number of hydrogen-bond acceptors (Lipinski definition) is 6. The van der Waals surface area contributed by atoms with E-state index in [1.165, 1.54) is 45.8 Å². The summed E-state index contributed by atoms with van der Waals surface area (Å²) in [7, 11) is 0. The molecule has 0 unspecified atom stereocenters. The molecule has 0 aliphatic heterocycles. The lowest BCUT2D eigenvalue weighted by atomic mass is 10.1. The number of aryl methyl sites for hydroxylation is 2. The summed E-state index contributed by atoms with van der Waals surface area (Å²) >= 11 is 3.00. The van der Waals surface area contributed by atoms with Crippen LogP contribution in [0.3, 0.4) is 0 Å². The molecule has 9 heteroatoms. The van der Waals surface area contributed by atoms with Gasteiger partial charge in [-0.2, -0.15) is 0 Å². The molecule has 0 atom stereocenters. The molecular formula is C17H14FN5OS2. The Bertz CT molecular complexity index is 1150. The number of hydrogen-bond donors (Lipinski definition) is 1. The molecule has 132 valence electrons. The number of thioether (sulfide) groups is 1. The summed E-state index contributed by atoms with van der Waals surface area (Å²) in [6.07, 6.45) is 0. The summed E-state index contributed by atoms with van der Waals surface area (Å²) in [6.45, 7) is 3.77. The summed E-state index contributed by atoms with van der Waals surface area (Å²) < 4.78 is 15.5. The van der Waals surface area contributed by atoms with Gasteiger partial charge in [-0.3, -0.25) is 9.89 Å². The number of H-pyrrole nitrogens is 1. The minimum absolute atomic E-state index is 0.185. The van der Waals surface area contributed by atoms with Crippen molar-refractivity contribution in [3.8, 4) is 11.1 Å². The Kier molecular flexibility index (Phi) is 4.33. The summed E-state index contributed by atoms with van der Waals surface area (Å²) in [5.74, 6) is 0.216. The number of nitrogens with one attached hydrogen (secondary N) is 1. The Hall–Kier alpha value is -2.52. The monoisotopic (exact) mass is 387 g/mol. The third-order valence-electron chi connectivity index (χ3n) is 3.83. The maximum absolute atomic E-state index is 13.2. The molecule has 0 saturated carbocycles. The Labute approximate surface area is 156 Å². The van der Waals surface area contributed by atoms with E-state index in [0.29, 0.717) is 17.1 Å². The van der Waals surface area contributed by atoms with Crippen molar-refractivity contribution in [3.05, 3.63) is 62.9 Å². The molecule has 0 fully saturated rings. The van der Waals surface area contributed by atoms with Crippen LogP contribution in [0.25, 0.3) is 16.8 Å². The molecule has 0 saturated heterocycles. The lowest BCUT2D eigenvalue weighted by Gasteiger charge is -2.03. The van der Waals surface area contributed by atoms with Gasteiger partial charge in [0.05, 0.1) is 5.69 Å². The zero-order chi connectivity index (χ0) is 18.3. The van der Waals surface area contributed by atoms with E-state index < -0.39 is 0 Å². The molecule has 4 rings (SSSR count). The second kappa shape index (κ2) is 6.65. The molecule has 4 aromatic rings. The van der Waals surface area contributed by atoms with Crippen LogP contribution < -0.4 is 5.56 Å². The minimum Gasteiger partial charge on any atom is -0.293 e. The van der Waals surface area contributed by atoms with Gasteiger partial charge in [0, 0.05) is 23.1 Å². The summed E-state index contributed by atoms with van der Waals surface area (Å²) in [5, 5.41) is 12.0. The van der Waals surface area contributed by atoms with E-state index in [1.807, 2.05) is 13.8 Å². The number of rotatable bonds is 4. The van der Waals surface area contributed by atoms with Crippen molar-refractivity contribution in [1.29, 1.82) is 0 Å². The number of aromatic nitrogens is 5. The van der Waals surface area contributed by atoms with Crippen molar-refractivity contribution in [2.45, 2.75) is 23.9 Å². The largest absolute Gasteiger partial charge is 0.293 e. The maximum atomic E-state index is 13.2. The molecule has 3 heterocycles. The zero-order valence-corrected chi connectivity index (χ0v) is 15.6. The first kappa shape index (κ1) is 16.9. The molecule has 0 spiro atoms. The van der Waals surface area contributed by atoms with Crippen molar-refractivity contribution in [3.63, 3.8) is 0 Å². The van der Waals surface area contributed by atoms with E-state index in [0.717, 1.165) is 26.2 Å². The molecule has 0 amide bonds. The van der Waals surface area contributed by atoms with Crippen molar-refractivity contribution >= 4 is 28.7 Å². The molecule has 3 aromatic heterocycles. The van der Waals surface area contributed by atoms with Crippen molar-refractivity contribution in [2.24, 2.45) is 0 Å². The molecule has 1 aromatic carbocycles. The van der Waals surface area contributed by atoms with E-state index >= 15 is 0 Å². The van der Waals surface area contributed by atoms with Crippen LogP contribution in [0.4, 0.5) is 4.39 Å². The number of aromatic amines is 1. The van der Waals surface area contributed by atoms with E-state index in [9.17, 15) is 9.18 Å². The number of fused-ring (bicyclic) bond motifs is 1. The smallest absolute Gasteiger partial charge is 0.272 e. The Balaban J connectivity index is 1.76. The van der Waals surface area contributed by atoms with Crippen molar-refractivity contribution in [2.75, 3.05) is 0 Å². The van der Waals surface area contributed by atoms with Crippen molar-refractivity contribution in [1.82, 2.24) is 24.8 Å². The van der Waals surface area contributed by atoms with Gasteiger partial charge in [-0.15, -0.1) is 10.2 Å². The van der Waals surface area contributed by atoms with Crippen LogP contribution in [0.1, 0.15) is 16.4 Å². The molecular weight excluding hydrogens is 373 g/mol. The molecule has 26 heavy (non-hydrogen) atoms. The van der Waals surface area contributed by atoms with Gasteiger partial charge < -0.3 is 0 Å². The predicted molar refractivity (Wildman–Crippen MR) is 100 cm³/mol. The van der Waals surface area contributed by atoms with E-state index in [1.54, 1.807) is 12.1 Å². The van der Waals surface area contributed by atoms with Crippen LogP contribution in [-0.2, 0) is 5.75 Å². The second-order valence-corrected chi connectivity index (χ2v) is 8.14. The van der Waals surface area contributed by atoms with Crippen LogP contribution in [0.15, 0.2) is 39.5 Å². The third-order valence-corrected chi connectivity index (χ3v) is 5.84. The Morgan fingerprint density at radius 3 is 2.69 bits per heavy atom. The van der Waals surface area contributed by atoms with E-state index in [-0.39, 0.29) is 11.4 Å². The lowest BCUT2D eigenvalue weighted by Crippen LogP contribution is -2.15. The highest BCUT2D eigenvalue weighted by atomic mass is 32.2. The molecule has 0 bridgehead atoms. The van der Waals surface area contributed by atoms with Gasteiger partial charge in [-0.25, -0.2) is 13.9 Å². The lowest BCUT2D eigenvalue weighted by molar-refractivity contribution is 0.628. The number of halogens is 1. The van der Waals surface area contributed by atoms with Crippen LogP contribution in [-0.4, -0.2) is 24.8 Å². The van der Waals surface area contributed by atoms with Gasteiger partial charge in [0.2, 0.25) is 0 Å². The molecule has 1 N–H and O–H groups in total. The van der Waals surface area contributed by atoms with Gasteiger partial charge >= 0.3 is 0 Å². The summed E-state index contributed by atoms with van der Waals surface area (Å²) in [4.78, 5) is 17.1. The first-order valence-electron chi connectivity index (χ1n) is 7.81. The molecule has 0 aliphatic rings. The van der Waals surface area contributed by atoms with Gasteiger partial charge in [0.15, 0.2) is 9.99 Å². The first-order chi connectivity index (χ1) is 12.5. The number of nitrogens with zero attached hydrogens (tertiary/aromatic N) is 4. The fraction of sp³-hybridized carbons (Fsp3) is 0.176. The standard InChI is InChI=1S/C17H14FN5OS2/c1-9-15(11-3-5-12(18)6-4-11)16-19-13(7-14(24)23(16)22-9)8-25-17-21-20-10(2)26-17/h3-7,22H,8H2,1-2H3. The molecule has 0 aliphatic carbocycles. The summed E-state index contributed by atoms with van der Waals surface area (Å²) in [6, 6.07) is 7.67. The van der Waals surface area contributed by atoms with Crippen LogP contribution >= 0.6 is 23.1 Å². The zero-order valence-electron chi connectivity index (χ0n) is 14.0. The first-order valence-corrected chi connectivity index (χ1v) is 9.61. The van der Waals surface area contributed by atoms with Crippen LogP contribution in [0.2, 0.25) is 0 Å². The van der Waals surface area contributed by atoms with Crippen LogP contribution in [0, 0.1) is 19.7 Å². The average Bonchev–Trinajstić information content (AvgIpc) is 3.17. The maximum Gasteiger partial charge on any atom is 0.272 e. The highest BCUT2D eigenvalue weighted by Crippen LogP contribution is 2.28. The molecule has 6 nitrogen and oxygen atoms in total. The van der Waals surface area contributed by atoms with E-state index in [2.05, 4.69) is 20.3 Å². The Morgan fingerprint density at radius 2 is 2.00 bits per heavy atom. The SMILES string of the molecule is Cc1nnc(SCc2cc(=O)n3[nH]c(C)c(-c4ccc(F)cc4)c3n2)s1. The van der Waals surface area contributed by atoms with Gasteiger partial charge in [-0.05, 0) is 31.5 Å². The molecule has 0 radical (unpaired) electrons. The van der Waals surface area contributed by atoms with E-state index in [4.69, 9.17) is 0 Å². The summed E-state index contributed by atoms with van der Waals surface area (Å²) in [5.41, 5.74) is 3.40. The normalized spacial score (nSPS) is 11.3. The van der Waals surface area contributed by atoms with Crippen LogP contribution in [0.5, 0.6) is 0 Å². The van der Waals surface area contributed by atoms with Gasteiger partial charge in [-0.1, -0.05) is 35.2 Å². The quantitative estimate of drug-likeness (QED) is 0.542. The predicted octanol–water partition coefficient (Wildman–Crippen LogP) is 3.59. The highest BCUT2D eigenvalue weighted by molar-refractivity contribution is 8.00. The average molecular weight is 387 g/mol. The Morgan fingerprint density at radius 1 is 1.23 bits per heavy atom. The van der Waals surface area contributed by atoms with Gasteiger partial charge in [0.25, 0.3) is 5.56 Å². The fourth-order valence-electron chi connectivity index (χ4n) is 2.71. The fourth-order valence-corrected chi connectivity index (χ4v) is 4.41. The van der Waals surface area contributed by atoms with Crippen molar-refractivity contribution < 1.29 is 4.39 Å². The highest BCUT2D eigenvalue weighted by Gasteiger charge is 2.15. The minimum atomic E-state index is -0.305. The number of benzene rings is 1. The third kappa shape index (κ3) is 3.15. The topological polar surface area (TPSA) is 75.9 Å².